The largest absolute Gasteiger partial charge is 0.507 e. The van der Waals surface area contributed by atoms with Gasteiger partial charge in [0.25, 0.3) is 5.91 Å². The van der Waals surface area contributed by atoms with Crippen molar-refractivity contribution in [2.24, 2.45) is 0 Å². The molecule has 2 aromatic rings. The van der Waals surface area contributed by atoms with Crippen LogP contribution in [-0.4, -0.2) is 23.6 Å². The number of rotatable bonds is 4. The van der Waals surface area contributed by atoms with Crippen LogP contribution in [0.1, 0.15) is 27.0 Å². The summed E-state index contributed by atoms with van der Waals surface area (Å²) < 4.78 is 4.93. The van der Waals surface area contributed by atoms with Crippen LogP contribution in [0.15, 0.2) is 36.4 Å². The summed E-state index contributed by atoms with van der Waals surface area (Å²) in [6.45, 7) is 5.31. The number of amides is 1. The molecule has 5 nitrogen and oxygen atoms in total. The minimum Gasteiger partial charge on any atom is -0.507 e. The Morgan fingerprint density at radius 1 is 1.04 bits per heavy atom. The molecule has 2 aromatic carbocycles. The normalized spacial score (nSPS) is 10.2. The minimum absolute atomic E-state index is 0.0366. The topological polar surface area (TPSA) is 75.6 Å². The zero-order valence-corrected chi connectivity index (χ0v) is 13.3. The molecular weight excluding hydrogens is 294 g/mol. The average Bonchev–Trinajstić information content (AvgIpc) is 2.48. The predicted octanol–water partition coefficient (Wildman–Crippen LogP) is 3.11. The molecule has 0 aromatic heterocycles. The number of benzene rings is 2. The molecule has 120 valence electrons. The van der Waals surface area contributed by atoms with Crippen LogP contribution in [0.2, 0.25) is 0 Å². The van der Waals surface area contributed by atoms with Crippen LogP contribution in [0.4, 0.5) is 5.69 Å². The second kappa shape index (κ2) is 6.96. The van der Waals surface area contributed by atoms with E-state index in [1.807, 2.05) is 26.0 Å². The summed E-state index contributed by atoms with van der Waals surface area (Å²) in [7, 11) is 0. The molecule has 2 rings (SSSR count). The fraction of sp³-hybridized carbons (Fsp3) is 0.222. The van der Waals surface area contributed by atoms with E-state index in [9.17, 15) is 14.7 Å². The van der Waals surface area contributed by atoms with Crippen LogP contribution in [0, 0.1) is 20.8 Å². The van der Waals surface area contributed by atoms with Crippen LogP contribution in [0.25, 0.3) is 0 Å². The quantitative estimate of drug-likeness (QED) is 0.850. The number of carbonyl (C=O) groups is 2. The molecular formula is C18H19NO4. The van der Waals surface area contributed by atoms with Gasteiger partial charge in [-0.3, -0.25) is 4.79 Å². The molecule has 0 aliphatic heterocycles. The van der Waals surface area contributed by atoms with E-state index in [1.165, 1.54) is 12.1 Å². The highest BCUT2D eigenvalue weighted by Gasteiger charge is 2.14. The van der Waals surface area contributed by atoms with Gasteiger partial charge in [0, 0.05) is 5.69 Å². The summed E-state index contributed by atoms with van der Waals surface area (Å²) in [5.74, 6) is -1.34. The maximum absolute atomic E-state index is 11.9. The Morgan fingerprint density at radius 2 is 1.78 bits per heavy atom. The third-order valence-corrected chi connectivity index (χ3v) is 3.50. The molecule has 0 spiro atoms. The molecule has 0 unspecified atom stereocenters. The number of nitrogens with one attached hydrogen (secondary N) is 1. The number of hydrogen-bond acceptors (Lipinski definition) is 4. The smallest absolute Gasteiger partial charge is 0.342 e. The van der Waals surface area contributed by atoms with Crippen LogP contribution >= 0.6 is 0 Å². The molecule has 2 N–H and O–H groups in total. The van der Waals surface area contributed by atoms with Crippen LogP contribution in [0.5, 0.6) is 5.75 Å². The van der Waals surface area contributed by atoms with Crippen LogP contribution in [-0.2, 0) is 9.53 Å². The van der Waals surface area contributed by atoms with E-state index in [2.05, 4.69) is 5.32 Å². The molecule has 5 heteroatoms. The zero-order chi connectivity index (χ0) is 17.0. The number of carbonyl (C=O) groups excluding carboxylic acids is 2. The van der Waals surface area contributed by atoms with Crippen molar-refractivity contribution in [3.05, 3.63) is 58.7 Å². The summed E-state index contributed by atoms with van der Waals surface area (Å²) in [5, 5.41) is 12.4. The second-order valence-corrected chi connectivity index (χ2v) is 5.44. The van der Waals surface area contributed by atoms with Crippen LogP contribution in [0.3, 0.4) is 0 Å². The van der Waals surface area contributed by atoms with Crippen molar-refractivity contribution in [3.63, 3.8) is 0 Å². The van der Waals surface area contributed by atoms with Gasteiger partial charge >= 0.3 is 5.97 Å². The Balaban J connectivity index is 1.93. The van der Waals surface area contributed by atoms with Gasteiger partial charge in [0.1, 0.15) is 11.3 Å². The Bertz CT molecular complexity index is 753. The van der Waals surface area contributed by atoms with Crippen molar-refractivity contribution in [2.45, 2.75) is 20.8 Å². The van der Waals surface area contributed by atoms with Crippen molar-refractivity contribution >= 4 is 17.6 Å². The van der Waals surface area contributed by atoms with Crippen molar-refractivity contribution in [1.82, 2.24) is 0 Å². The first kappa shape index (κ1) is 16.5. The van der Waals surface area contributed by atoms with Gasteiger partial charge in [-0.2, -0.15) is 0 Å². The molecule has 0 bridgehead atoms. The van der Waals surface area contributed by atoms with Gasteiger partial charge in [0.2, 0.25) is 0 Å². The number of aromatic hydroxyl groups is 1. The molecule has 0 fully saturated rings. The van der Waals surface area contributed by atoms with E-state index < -0.39 is 18.5 Å². The van der Waals surface area contributed by atoms with E-state index in [1.54, 1.807) is 19.1 Å². The lowest BCUT2D eigenvalue weighted by Crippen LogP contribution is -2.21. The number of phenols is 1. The number of phenolic OH excluding ortho intramolecular Hbond substituents is 1. The molecule has 0 saturated heterocycles. The summed E-state index contributed by atoms with van der Waals surface area (Å²) in [6.07, 6.45) is 0. The summed E-state index contributed by atoms with van der Waals surface area (Å²) in [4.78, 5) is 23.7. The number of ether oxygens (including phenoxy) is 1. The van der Waals surface area contributed by atoms with E-state index in [-0.39, 0.29) is 11.3 Å². The predicted molar refractivity (Wildman–Crippen MR) is 87.7 cm³/mol. The highest BCUT2D eigenvalue weighted by molar-refractivity contribution is 5.96. The van der Waals surface area contributed by atoms with Gasteiger partial charge in [-0.15, -0.1) is 0 Å². The molecule has 0 aliphatic carbocycles. The first-order valence-corrected chi connectivity index (χ1v) is 7.20. The lowest BCUT2D eigenvalue weighted by atomic mass is 10.1. The fourth-order valence-electron chi connectivity index (χ4n) is 2.04. The summed E-state index contributed by atoms with van der Waals surface area (Å²) in [5.41, 5.74) is 3.70. The first-order chi connectivity index (χ1) is 10.9. The third-order valence-electron chi connectivity index (χ3n) is 3.50. The highest BCUT2D eigenvalue weighted by atomic mass is 16.5. The van der Waals surface area contributed by atoms with Gasteiger partial charge < -0.3 is 15.2 Å². The van der Waals surface area contributed by atoms with Gasteiger partial charge in [-0.25, -0.2) is 4.79 Å². The first-order valence-electron chi connectivity index (χ1n) is 7.20. The summed E-state index contributed by atoms with van der Waals surface area (Å²) in [6, 6.07) is 10.2. The Kier molecular flexibility index (Phi) is 5.01. The number of esters is 1. The third kappa shape index (κ3) is 4.32. The maximum atomic E-state index is 11.9. The van der Waals surface area contributed by atoms with E-state index in [4.69, 9.17) is 4.74 Å². The van der Waals surface area contributed by atoms with Gasteiger partial charge in [-0.1, -0.05) is 12.1 Å². The Hall–Kier alpha value is -2.82. The van der Waals surface area contributed by atoms with E-state index in [0.29, 0.717) is 5.69 Å². The lowest BCUT2D eigenvalue weighted by molar-refractivity contribution is -0.119. The van der Waals surface area contributed by atoms with E-state index >= 15 is 0 Å². The second-order valence-electron chi connectivity index (χ2n) is 5.44. The Labute approximate surface area is 134 Å². The molecule has 0 radical (unpaired) electrons. The lowest BCUT2D eigenvalue weighted by Gasteiger charge is -2.09. The molecule has 0 aliphatic rings. The standard InChI is InChI=1S/C18H19NO4/c1-11-4-7-15(16(20)8-11)18(22)23-10-17(21)19-14-6-5-12(2)13(3)9-14/h4-9,20H,10H2,1-3H3,(H,19,21). The number of aryl methyl sites for hydroxylation is 3. The average molecular weight is 313 g/mol. The SMILES string of the molecule is Cc1ccc(C(=O)OCC(=O)Nc2ccc(C)c(C)c2)c(O)c1. The number of hydrogen-bond donors (Lipinski definition) is 2. The molecule has 1 amide bonds. The van der Waals surface area contributed by atoms with Crippen molar-refractivity contribution in [2.75, 3.05) is 11.9 Å². The Morgan fingerprint density at radius 3 is 2.43 bits per heavy atom. The van der Waals surface area contributed by atoms with Crippen LogP contribution < -0.4 is 5.32 Å². The minimum atomic E-state index is -0.738. The zero-order valence-electron chi connectivity index (χ0n) is 13.3. The summed E-state index contributed by atoms with van der Waals surface area (Å²) >= 11 is 0. The van der Waals surface area contributed by atoms with Gasteiger partial charge in [0.05, 0.1) is 0 Å². The van der Waals surface area contributed by atoms with Crippen molar-refractivity contribution in [1.29, 1.82) is 0 Å². The molecule has 0 atom stereocenters. The van der Waals surface area contributed by atoms with Crippen molar-refractivity contribution < 1.29 is 19.4 Å². The fourth-order valence-corrected chi connectivity index (χ4v) is 2.04. The number of anilines is 1. The molecule has 0 saturated carbocycles. The monoisotopic (exact) mass is 313 g/mol. The maximum Gasteiger partial charge on any atom is 0.342 e. The molecule has 0 heterocycles. The van der Waals surface area contributed by atoms with Crippen molar-refractivity contribution in [3.8, 4) is 5.75 Å². The molecule has 23 heavy (non-hydrogen) atoms. The van der Waals surface area contributed by atoms with Gasteiger partial charge in [0.15, 0.2) is 6.61 Å². The van der Waals surface area contributed by atoms with E-state index in [0.717, 1.165) is 16.7 Å². The highest BCUT2D eigenvalue weighted by Crippen LogP contribution is 2.19. The van der Waals surface area contributed by atoms with Gasteiger partial charge in [-0.05, 0) is 61.7 Å².